The Morgan fingerprint density at radius 1 is 1.08 bits per heavy atom. The molecule has 3 aromatic rings. The Bertz CT molecular complexity index is 882. The topological polar surface area (TPSA) is 12.9 Å². The second-order valence-electron chi connectivity index (χ2n) is 6.18. The van der Waals surface area contributed by atoms with E-state index in [0.29, 0.717) is 0 Å². The minimum Gasteiger partial charge on any atom is -0.264 e. The number of nitrogens with zero attached hydrogens (tertiary/aromatic N) is 1. The van der Waals surface area contributed by atoms with Crippen LogP contribution in [0.5, 0.6) is 0 Å². The van der Waals surface area contributed by atoms with E-state index in [2.05, 4.69) is 55.7 Å². The summed E-state index contributed by atoms with van der Waals surface area (Å²) in [5.74, 6) is 0. The molecular formula is C22H20ClN. The minimum atomic E-state index is 0.751. The van der Waals surface area contributed by atoms with Crippen molar-refractivity contribution in [3.8, 4) is 22.3 Å². The van der Waals surface area contributed by atoms with Crippen molar-refractivity contribution < 1.29 is 0 Å². The van der Waals surface area contributed by atoms with E-state index in [1.807, 2.05) is 24.4 Å². The molecule has 0 aliphatic heterocycles. The maximum Gasteiger partial charge on any atom is 0.0490 e. The standard InChI is InChI=1S/C22H20ClN/c1-15(2)12-19-13-17(10-9-16(19)3)22-20(7-4-8-21(22)23)18-6-5-11-24-14-18/h4-11,13-14H,1,12H2,2-3H3. The molecule has 2 aromatic carbocycles. The first-order chi connectivity index (χ1) is 11.6. The largest absolute Gasteiger partial charge is 0.264 e. The Balaban J connectivity index is 2.18. The Labute approximate surface area is 148 Å². The van der Waals surface area contributed by atoms with E-state index in [1.165, 1.54) is 11.1 Å². The number of hydrogen-bond donors (Lipinski definition) is 0. The summed E-state index contributed by atoms with van der Waals surface area (Å²) in [5.41, 5.74) is 8.06. The number of pyridine rings is 1. The molecule has 3 rings (SSSR count). The van der Waals surface area contributed by atoms with Gasteiger partial charge in [-0.2, -0.15) is 0 Å². The zero-order valence-corrected chi connectivity index (χ0v) is 14.8. The predicted molar refractivity (Wildman–Crippen MR) is 103 cm³/mol. The molecule has 0 atom stereocenters. The summed E-state index contributed by atoms with van der Waals surface area (Å²) in [6.45, 7) is 8.24. The van der Waals surface area contributed by atoms with Gasteiger partial charge in [0.1, 0.15) is 0 Å². The van der Waals surface area contributed by atoms with Gasteiger partial charge >= 0.3 is 0 Å². The van der Waals surface area contributed by atoms with Gasteiger partial charge < -0.3 is 0 Å². The van der Waals surface area contributed by atoms with Crippen molar-refractivity contribution >= 4 is 11.6 Å². The third-order valence-corrected chi connectivity index (χ3v) is 4.43. The molecule has 0 aliphatic rings. The molecule has 1 heterocycles. The average Bonchev–Trinajstić information content (AvgIpc) is 2.57. The van der Waals surface area contributed by atoms with Gasteiger partial charge in [-0.05, 0) is 54.7 Å². The summed E-state index contributed by atoms with van der Waals surface area (Å²) in [4.78, 5) is 4.24. The number of rotatable bonds is 4. The molecule has 0 spiro atoms. The number of benzene rings is 2. The molecule has 1 aromatic heterocycles. The summed E-state index contributed by atoms with van der Waals surface area (Å²) < 4.78 is 0. The van der Waals surface area contributed by atoms with Gasteiger partial charge in [0.2, 0.25) is 0 Å². The second kappa shape index (κ2) is 7.02. The molecule has 1 nitrogen and oxygen atoms in total. The molecule has 0 bridgehead atoms. The van der Waals surface area contributed by atoms with Crippen LogP contribution in [0.15, 0.2) is 73.1 Å². The predicted octanol–water partition coefficient (Wildman–Crippen LogP) is 6.50. The first-order valence-corrected chi connectivity index (χ1v) is 8.37. The number of hydrogen-bond acceptors (Lipinski definition) is 1. The van der Waals surface area contributed by atoms with E-state index in [4.69, 9.17) is 11.6 Å². The fourth-order valence-electron chi connectivity index (χ4n) is 2.92. The normalized spacial score (nSPS) is 10.6. The van der Waals surface area contributed by atoms with Crippen molar-refractivity contribution in [3.63, 3.8) is 0 Å². The van der Waals surface area contributed by atoms with Gasteiger partial charge in [0, 0.05) is 28.5 Å². The highest BCUT2D eigenvalue weighted by molar-refractivity contribution is 6.34. The first kappa shape index (κ1) is 16.5. The zero-order chi connectivity index (χ0) is 17.1. The van der Waals surface area contributed by atoms with Gasteiger partial charge in [0.25, 0.3) is 0 Å². The van der Waals surface area contributed by atoms with Crippen molar-refractivity contribution in [2.75, 3.05) is 0 Å². The smallest absolute Gasteiger partial charge is 0.0490 e. The van der Waals surface area contributed by atoms with Gasteiger partial charge in [-0.25, -0.2) is 0 Å². The third kappa shape index (κ3) is 3.42. The van der Waals surface area contributed by atoms with Crippen LogP contribution >= 0.6 is 11.6 Å². The van der Waals surface area contributed by atoms with Gasteiger partial charge in [-0.15, -0.1) is 0 Å². The zero-order valence-electron chi connectivity index (χ0n) is 14.0. The summed E-state index contributed by atoms with van der Waals surface area (Å²) in [6, 6.07) is 16.5. The van der Waals surface area contributed by atoms with Crippen LogP contribution in [0.4, 0.5) is 0 Å². The monoisotopic (exact) mass is 333 g/mol. The van der Waals surface area contributed by atoms with Crippen LogP contribution in [0.2, 0.25) is 5.02 Å². The van der Waals surface area contributed by atoms with Crippen molar-refractivity contribution in [1.29, 1.82) is 0 Å². The molecule has 2 heteroatoms. The van der Waals surface area contributed by atoms with E-state index >= 15 is 0 Å². The van der Waals surface area contributed by atoms with Gasteiger partial charge in [-0.1, -0.05) is 60.2 Å². The number of allylic oxidation sites excluding steroid dienone is 1. The average molecular weight is 334 g/mol. The maximum absolute atomic E-state index is 6.57. The lowest BCUT2D eigenvalue weighted by atomic mass is 9.92. The molecule has 0 radical (unpaired) electrons. The fourth-order valence-corrected chi connectivity index (χ4v) is 3.21. The van der Waals surface area contributed by atoms with Crippen molar-refractivity contribution in [3.05, 3.63) is 89.2 Å². The van der Waals surface area contributed by atoms with Crippen LogP contribution in [0.25, 0.3) is 22.3 Å². The summed E-state index contributed by atoms with van der Waals surface area (Å²) in [6.07, 6.45) is 4.54. The number of aryl methyl sites for hydroxylation is 1. The quantitative estimate of drug-likeness (QED) is 0.497. The van der Waals surface area contributed by atoms with Gasteiger partial charge in [0.05, 0.1) is 0 Å². The molecule has 120 valence electrons. The first-order valence-electron chi connectivity index (χ1n) is 7.99. The van der Waals surface area contributed by atoms with Crippen LogP contribution in [0.1, 0.15) is 18.1 Å². The van der Waals surface area contributed by atoms with Crippen LogP contribution in [0.3, 0.4) is 0 Å². The van der Waals surface area contributed by atoms with E-state index in [9.17, 15) is 0 Å². The van der Waals surface area contributed by atoms with E-state index < -0.39 is 0 Å². The molecule has 0 amide bonds. The molecule has 0 saturated carbocycles. The Hall–Kier alpha value is -2.38. The van der Waals surface area contributed by atoms with Crippen LogP contribution < -0.4 is 0 Å². The highest BCUT2D eigenvalue weighted by Gasteiger charge is 2.13. The van der Waals surface area contributed by atoms with Crippen LogP contribution in [-0.4, -0.2) is 4.98 Å². The minimum absolute atomic E-state index is 0.751. The molecule has 24 heavy (non-hydrogen) atoms. The Morgan fingerprint density at radius 3 is 2.62 bits per heavy atom. The lowest BCUT2D eigenvalue weighted by Crippen LogP contribution is -1.93. The van der Waals surface area contributed by atoms with Crippen molar-refractivity contribution in [2.24, 2.45) is 0 Å². The van der Waals surface area contributed by atoms with Crippen LogP contribution in [0, 0.1) is 6.92 Å². The third-order valence-electron chi connectivity index (χ3n) is 4.12. The highest BCUT2D eigenvalue weighted by Crippen LogP contribution is 2.38. The molecule has 0 aliphatic carbocycles. The lowest BCUT2D eigenvalue weighted by molar-refractivity contribution is 1.13. The Kier molecular flexibility index (Phi) is 4.82. The van der Waals surface area contributed by atoms with Gasteiger partial charge in [-0.3, -0.25) is 4.98 Å². The van der Waals surface area contributed by atoms with Gasteiger partial charge in [0.15, 0.2) is 0 Å². The van der Waals surface area contributed by atoms with Crippen molar-refractivity contribution in [1.82, 2.24) is 4.98 Å². The Morgan fingerprint density at radius 2 is 1.92 bits per heavy atom. The number of halogens is 1. The maximum atomic E-state index is 6.57. The van der Waals surface area contributed by atoms with Crippen LogP contribution in [-0.2, 0) is 6.42 Å². The summed E-state index contributed by atoms with van der Waals surface area (Å²) in [7, 11) is 0. The van der Waals surface area contributed by atoms with E-state index in [1.54, 1.807) is 6.20 Å². The second-order valence-corrected chi connectivity index (χ2v) is 6.59. The molecule has 0 N–H and O–H groups in total. The molecule has 0 unspecified atom stereocenters. The SMILES string of the molecule is C=C(C)Cc1cc(-c2c(Cl)cccc2-c2cccnc2)ccc1C. The van der Waals surface area contributed by atoms with Crippen molar-refractivity contribution in [2.45, 2.75) is 20.3 Å². The lowest BCUT2D eigenvalue weighted by Gasteiger charge is -2.14. The van der Waals surface area contributed by atoms with E-state index in [0.717, 1.165) is 39.3 Å². The highest BCUT2D eigenvalue weighted by atomic mass is 35.5. The van der Waals surface area contributed by atoms with E-state index in [-0.39, 0.29) is 0 Å². The molecule has 0 fully saturated rings. The molecule has 0 saturated heterocycles. The molecular weight excluding hydrogens is 314 g/mol. The summed E-state index contributed by atoms with van der Waals surface area (Å²) >= 11 is 6.57. The summed E-state index contributed by atoms with van der Waals surface area (Å²) in [5, 5.41) is 0.751. The number of aromatic nitrogens is 1. The fraction of sp³-hybridized carbons (Fsp3) is 0.136.